The Balaban J connectivity index is 1.98. The van der Waals surface area contributed by atoms with Gasteiger partial charge in [-0.1, -0.05) is 0 Å². The van der Waals surface area contributed by atoms with Crippen LogP contribution in [-0.4, -0.2) is 31.7 Å². The number of hydrogen-bond acceptors (Lipinski definition) is 4. The van der Waals surface area contributed by atoms with Crippen LogP contribution < -0.4 is 10.2 Å². The molecule has 2 heterocycles. The lowest BCUT2D eigenvalue weighted by atomic mass is 9.98. The summed E-state index contributed by atoms with van der Waals surface area (Å²) in [7, 11) is 2.03. The molecule has 1 aliphatic rings. The van der Waals surface area contributed by atoms with Crippen LogP contribution in [0.5, 0.6) is 0 Å². The molecule has 0 bridgehead atoms. The summed E-state index contributed by atoms with van der Waals surface area (Å²) in [5.41, 5.74) is 1.14. The first-order chi connectivity index (χ1) is 7.29. The Morgan fingerprint density at radius 2 is 2.53 bits per heavy atom. The maximum Gasteiger partial charge on any atom is 0.185 e. The van der Waals surface area contributed by atoms with Crippen molar-refractivity contribution in [3.63, 3.8) is 0 Å². The fraction of sp³-hybridized carbons (Fsp3) is 0.727. The molecule has 2 rings (SSSR count). The van der Waals surface area contributed by atoms with Gasteiger partial charge in [0.2, 0.25) is 0 Å². The summed E-state index contributed by atoms with van der Waals surface area (Å²) in [6.45, 7) is 5.52. The van der Waals surface area contributed by atoms with E-state index in [1.54, 1.807) is 11.3 Å². The van der Waals surface area contributed by atoms with E-state index in [4.69, 9.17) is 0 Å². The van der Waals surface area contributed by atoms with E-state index in [0.29, 0.717) is 0 Å². The molecule has 1 aromatic heterocycles. The van der Waals surface area contributed by atoms with E-state index >= 15 is 0 Å². The Morgan fingerprint density at radius 1 is 1.67 bits per heavy atom. The molecule has 1 unspecified atom stereocenters. The van der Waals surface area contributed by atoms with Gasteiger partial charge in [0.25, 0.3) is 0 Å². The Kier molecular flexibility index (Phi) is 3.59. The third kappa shape index (κ3) is 2.69. The Labute approximate surface area is 95.5 Å². The number of aromatic nitrogens is 1. The number of piperidine rings is 1. The first-order valence-electron chi connectivity index (χ1n) is 5.61. The fourth-order valence-corrected chi connectivity index (χ4v) is 3.02. The van der Waals surface area contributed by atoms with Gasteiger partial charge in [0.15, 0.2) is 5.13 Å². The number of hydrogen-bond donors (Lipinski definition) is 1. The first-order valence-corrected chi connectivity index (χ1v) is 6.49. The predicted octanol–water partition coefficient (Wildman–Crippen LogP) is 1.89. The van der Waals surface area contributed by atoms with Crippen LogP contribution in [0.2, 0.25) is 0 Å². The van der Waals surface area contributed by atoms with Crippen molar-refractivity contribution in [2.24, 2.45) is 5.92 Å². The van der Waals surface area contributed by atoms with Crippen LogP contribution in [0.4, 0.5) is 5.13 Å². The smallest absolute Gasteiger partial charge is 0.185 e. The lowest BCUT2D eigenvalue weighted by Crippen LogP contribution is -2.39. The van der Waals surface area contributed by atoms with Crippen molar-refractivity contribution in [3.05, 3.63) is 11.1 Å². The summed E-state index contributed by atoms with van der Waals surface area (Å²) < 4.78 is 0. The molecule has 0 radical (unpaired) electrons. The standard InChI is InChI=1S/C11H19N3S/c1-9-8-15-11(13-9)14-5-3-4-10(7-14)6-12-2/h8,10,12H,3-7H2,1-2H3. The molecule has 15 heavy (non-hydrogen) atoms. The predicted molar refractivity (Wildman–Crippen MR) is 65.7 cm³/mol. The van der Waals surface area contributed by atoms with Crippen LogP contribution in [0.15, 0.2) is 5.38 Å². The number of anilines is 1. The minimum atomic E-state index is 0.785. The maximum atomic E-state index is 4.55. The average molecular weight is 225 g/mol. The molecule has 1 fully saturated rings. The molecule has 0 saturated carbocycles. The van der Waals surface area contributed by atoms with E-state index in [1.807, 2.05) is 7.05 Å². The largest absolute Gasteiger partial charge is 0.348 e. The van der Waals surface area contributed by atoms with Gasteiger partial charge in [-0.3, -0.25) is 0 Å². The molecule has 1 saturated heterocycles. The first kappa shape index (κ1) is 10.9. The van der Waals surface area contributed by atoms with Crippen molar-refractivity contribution in [1.82, 2.24) is 10.3 Å². The van der Waals surface area contributed by atoms with E-state index in [0.717, 1.165) is 24.7 Å². The summed E-state index contributed by atoms with van der Waals surface area (Å²) in [5, 5.41) is 6.61. The molecule has 1 N–H and O–H groups in total. The third-order valence-electron chi connectivity index (χ3n) is 2.89. The van der Waals surface area contributed by atoms with E-state index in [2.05, 4.69) is 27.5 Å². The summed E-state index contributed by atoms with van der Waals surface area (Å²) in [6.07, 6.45) is 2.65. The number of aryl methyl sites for hydroxylation is 1. The van der Waals surface area contributed by atoms with Crippen molar-refractivity contribution in [1.29, 1.82) is 0 Å². The van der Waals surface area contributed by atoms with Gasteiger partial charge < -0.3 is 10.2 Å². The second kappa shape index (κ2) is 4.94. The quantitative estimate of drug-likeness (QED) is 0.851. The maximum absolute atomic E-state index is 4.55. The average Bonchev–Trinajstić information content (AvgIpc) is 2.66. The summed E-state index contributed by atoms with van der Waals surface area (Å²) in [4.78, 5) is 6.99. The van der Waals surface area contributed by atoms with Gasteiger partial charge >= 0.3 is 0 Å². The van der Waals surface area contributed by atoms with Crippen LogP contribution >= 0.6 is 11.3 Å². The van der Waals surface area contributed by atoms with Gasteiger partial charge in [-0.05, 0) is 39.3 Å². The summed E-state index contributed by atoms with van der Waals surface area (Å²) in [6, 6.07) is 0. The number of nitrogens with one attached hydrogen (secondary N) is 1. The van der Waals surface area contributed by atoms with Crippen molar-refractivity contribution < 1.29 is 0 Å². The number of nitrogens with zero attached hydrogens (tertiary/aromatic N) is 2. The zero-order valence-electron chi connectivity index (χ0n) is 9.49. The van der Waals surface area contributed by atoms with Crippen molar-refractivity contribution >= 4 is 16.5 Å². The molecule has 0 amide bonds. The van der Waals surface area contributed by atoms with Gasteiger partial charge in [-0.2, -0.15) is 0 Å². The van der Waals surface area contributed by atoms with Gasteiger partial charge in [0.05, 0.1) is 5.69 Å². The molecular weight excluding hydrogens is 206 g/mol. The van der Waals surface area contributed by atoms with E-state index in [1.165, 1.54) is 24.5 Å². The van der Waals surface area contributed by atoms with Crippen LogP contribution in [-0.2, 0) is 0 Å². The summed E-state index contributed by atoms with van der Waals surface area (Å²) in [5.74, 6) is 0.785. The second-order valence-corrected chi connectivity index (χ2v) is 5.12. The highest BCUT2D eigenvalue weighted by Crippen LogP contribution is 2.25. The van der Waals surface area contributed by atoms with Crippen LogP contribution in [0.3, 0.4) is 0 Å². The van der Waals surface area contributed by atoms with E-state index in [-0.39, 0.29) is 0 Å². The third-order valence-corrected chi connectivity index (χ3v) is 3.91. The summed E-state index contributed by atoms with van der Waals surface area (Å²) >= 11 is 1.77. The second-order valence-electron chi connectivity index (χ2n) is 4.28. The minimum absolute atomic E-state index is 0.785. The van der Waals surface area contributed by atoms with Gasteiger partial charge in [-0.15, -0.1) is 11.3 Å². The molecule has 1 atom stereocenters. The van der Waals surface area contributed by atoms with Crippen LogP contribution in [0.1, 0.15) is 18.5 Å². The number of thiazole rings is 1. The molecule has 0 aromatic carbocycles. The highest BCUT2D eigenvalue weighted by atomic mass is 32.1. The fourth-order valence-electron chi connectivity index (χ4n) is 2.18. The molecular formula is C11H19N3S. The monoisotopic (exact) mass is 225 g/mol. The molecule has 1 aromatic rings. The van der Waals surface area contributed by atoms with Crippen molar-refractivity contribution in [2.75, 3.05) is 31.6 Å². The normalized spacial score (nSPS) is 22.0. The van der Waals surface area contributed by atoms with Crippen molar-refractivity contribution in [2.45, 2.75) is 19.8 Å². The number of rotatable bonds is 3. The van der Waals surface area contributed by atoms with Gasteiger partial charge in [-0.25, -0.2) is 4.98 Å². The highest BCUT2D eigenvalue weighted by Gasteiger charge is 2.20. The van der Waals surface area contributed by atoms with Gasteiger partial charge in [0, 0.05) is 18.5 Å². The Morgan fingerprint density at radius 3 is 3.20 bits per heavy atom. The van der Waals surface area contributed by atoms with E-state index in [9.17, 15) is 0 Å². The van der Waals surface area contributed by atoms with Crippen LogP contribution in [0.25, 0.3) is 0 Å². The van der Waals surface area contributed by atoms with E-state index < -0.39 is 0 Å². The van der Waals surface area contributed by atoms with Gasteiger partial charge in [0.1, 0.15) is 0 Å². The SMILES string of the molecule is CNCC1CCCN(c2nc(C)cs2)C1. The minimum Gasteiger partial charge on any atom is -0.348 e. The molecule has 0 spiro atoms. The molecule has 0 aliphatic carbocycles. The Bertz CT molecular complexity index is 309. The molecule has 3 nitrogen and oxygen atoms in total. The highest BCUT2D eigenvalue weighted by molar-refractivity contribution is 7.13. The Hall–Kier alpha value is -0.610. The molecule has 1 aliphatic heterocycles. The topological polar surface area (TPSA) is 28.2 Å². The van der Waals surface area contributed by atoms with Crippen molar-refractivity contribution in [3.8, 4) is 0 Å². The lowest BCUT2D eigenvalue weighted by molar-refractivity contribution is 0.402. The lowest BCUT2D eigenvalue weighted by Gasteiger charge is -2.32. The zero-order valence-corrected chi connectivity index (χ0v) is 10.3. The molecule has 4 heteroatoms. The van der Waals surface area contributed by atoms with Crippen LogP contribution in [0, 0.1) is 12.8 Å². The zero-order chi connectivity index (χ0) is 10.7. The molecule has 84 valence electrons.